The molecule has 1 unspecified atom stereocenters. The van der Waals surface area contributed by atoms with E-state index in [1.807, 2.05) is 57.2 Å². The van der Waals surface area contributed by atoms with Crippen LogP contribution in [0.25, 0.3) is 0 Å². The van der Waals surface area contributed by atoms with Crippen LogP contribution in [0.2, 0.25) is 0 Å². The van der Waals surface area contributed by atoms with Gasteiger partial charge < -0.3 is 20.5 Å². The Hall–Kier alpha value is -3.39. The van der Waals surface area contributed by atoms with Gasteiger partial charge in [0.05, 0.1) is 25.3 Å². The lowest BCUT2D eigenvalue weighted by atomic mass is 10.1. The average Bonchev–Trinajstić information content (AvgIpc) is 3.28. The Morgan fingerprint density at radius 1 is 1.12 bits per heavy atom. The maximum absolute atomic E-state index is 10.6. The molecule has 0 saturated heterocycles. The highest BCUT2D eigenvalue weighted by atomic mass is 16.5. The average molecular weight is 437 g/mol. The van der Waals surface area contributed by atoms with Gasteiger partial charge in [0.1, 0.15) is 18.4 Å². The molecule has 0 radical (unpaired) electrons. The number of nitrogens with one attached hydrogen (secondary N) is 2. The van der Waals surface area contributed by atoms with Gasteiger partial charge in [0, 0.05) is 13.1 Å². The highest BCUT2D eigenvalue weighted by Gasteiger charge is 2.10. The molecule has 8 nitrogen and oxygen atoms in total. The van der Waals surface area contributed by atoms with Crippen molar-refractivity contribution in [1.82, 2.24) is 25.4 Å². The van der Waals surface area contributed by atoms with Crippen molar-refractivity contribution >= 4 is 5.96 Å². The molecule has 0 fully saturated rings. The molecule has 0 aliphatic carbocycles. The monoisotopic (exact) mass is 436 g/mol. The van der Waals surface area contributed by atoms with E-state index < -0.39 is 6.10 Å². The van der Waals surface area contributed by atoms with Crippen molar-refractivity contribution in [3.8, 4) is 5.75 Å². The molecule has 0 bridgehead atoms. The quantitative estimate of drug-likeness (QED) is 0.334. The summed E-state index contributed by atoms with van der Waals surface area (Å²) in [7, 11) is 0. The van der Waals surface area contributed by atoms with E-state index in [0.717, 1.165) is 29.0 Å². The molecule has 3 rings (SSSR count). The van der Waals surface area contributed by atoms with Crippen molar-refractivity contribution < 1.29 is 9.84 Å². The van der Waals surface area contributed by atoms with Crippen LogP contribution in [0.3, 0.4) is 0 Å². The molecular formula is C24H32N6O2. The Morgan fingerprint density at radius 2 is 1.94 bits per heavy atom. The maximum Gasteiger partial charge on any atom is 0.191 e. The van der Waals surface area contributed by atoms with Crippen LogP contribution in [0.4, 0.5) is 0 Å². The van der Waals surface area contributed by atoms with Crippen molar-refractivity contribution in [3.05, 3.63) is 77.9 Å². The smallest absolute Gasteiger partial charge is 0.191 e. The fraction of sp³-hybridized carbons (Fsp3) is 0.375. The molecule has 0 saturated carbocycles. The van der Waals surface area contributed by atoms with Gasteiger partial charge in [-0.25, -0.2) is 14.7 Å². The van der Waals surface area contributed by atoms with Gasteiger partial charge in [0.15, 0.2) is 5.96 Å². The van der Waals surface area contributed by atoms with Crippen LogP contribution in [-0.2, 0) is 13.1 Å². The molecule has 1 aromatic heterocycles. The molecule has 1 atom stereocenters. The minimum absolute atomic E-state index is 0.0859. The van der Waals surface area contributed by atoms with Crippen molar-refractivity contribution in [3.63, 3.8) is 0 Å². The first-order valence-corrected chi connectivity index (χ1v) is 10.9. The zero-order chi connectivity index (χ0) is 22.8. The number of rotatable bonds is 10. The highest BCUT2D eigenvalue weighted by Crippen LogP contribution is 2.20. The number of nitrogens with zero attached hydrogens (tertiary/aromatic N) is 4. The minimum atomic E-state index is -0.680. The zero-order valence-electron chi connectivity index (χ0n) is 18.9. The topological polar surface area (TPSA) is 96.6 Å². The summed E-state index contributed by atoms with van der Waals surface area (Å²) in [5, 5.41) is 21.2. The summed E-state index contributed by atoms with van der Waals surface area (Å²) in [5.74, 6) is 1.41. The third-order valence-electron chi connectivity index (χ3n) is 4.64. The molecule has 8 heteroatoms. The molecule has 0 aliphatic rings. The lowest BCUT2D eigenvalue weighted by Gasteiger charge is -2.17. The van der Waals surface area contributed by atoms with E-state index in [4.69, 9.17) is 4.74 Å². The van der Waals surface area contributed by atoms with Gasteiger partial charge in [0.2, 0.25) is 0 Å². The molecule has 1 heterocycles. The van der Waals surface area contributed by atoms with Crippen LogP contribution in [-0.4, -0.2) is 45.0 Å². The Morgan fingerprint density at radius 3 is 2.69 bits per heavy atom. The lowest BCUT2D eigenvalue weighted by Crippen LogP contribution is -2.39. The number of aromatic nitrogens is 3. The van der Waals surface area contributed by atoms with E-state index in [2.05, 4.69) is 37.8 Å². The number of guanidine groups is 1. The van der Waals surface area contributed by atoms with E-state index in [-0.39, 0.29) is 6.10 Å². The van der Waals surface area contributed by atoms with Gasteiger partial charge in [-0.15, -0.1) is 0 Å². The van der Waals surface area contributed by atoms with Gasteiger partial charge in [-0.1, -0.05) is 36.4 Å². The molecule has 0 amide bonds. The number of hydrogen-bond acceptors (Lipinski definition) is 5. The summed E-state index contributed by atoms with van der Waals surface area (Å²) >= 11 is 0. The first kappa shape index (κ1) is 23.3. The second-order valence-corrected chi connectivity index (χ2v) is 7.74. The van der Waals surface area contributed by atoms with Gasteiger partial charge >= 0.3 is 0 Å². The van der Waals surface area contributed by atoms with Crippen molar-refractivity contribution in [2.45, 2.75) is 46.1 Å². The van der Waals surface area contributed by atoms with Crippen LogP contribution in [0, 0.1) is 0 Å². The second kappa shape index (κ2) is 11.9. The van der Waals surface area contributed by atoms with E-state index in [1.165, 1.54) is 6.33 Å². The molecular weight excluding hydrogens is 404 g/mol. The fourth-order valence-corrected chi connectivity index (χ4v) is 3.22. The predicted octanol–water partition coefficient (Wildman–Crippen LogP) is 2.90. The summed E-state index contributed by atoms with van der Waals surface area (Å²) in [6.45, 7) is 8.23. The molecule has 32 heavy (non-hydrogen) atoms. The lowest BCUT2D eigenvalue weighted by molar-refractivity contribution is 0.179. The van der Waals surface area contributed by atoms with Crippen LogP contribution in [0.15, 0.2) is 66.2 Å². The summed E-state index contributed by atoms with van der Waals surface area (Å²) < 4.78 is 7.51. The SMILES string of the molecule is CCNC(=NCc1cccc(Cn2cncn2)c1)NCC(O)c1cccc(OC(C)C)c1. The third kappa shape index (κ3) is 7.39. The Balaban J connectivity index is 1.59. The van der Waals surface area contributed by atoms with E-state index in [1.54, 1.807) is 11.0 Å². The second-order valence-electron chi connectivity index (χ2n) is 7.74. The summed E-state index contributed by atoms with van der Waals surface area (Å²) in [6.07, 6.45) is 2.64. The van der Waals surface area contributed by atoms with E-state index in [9.17, 15) is 5.11 Å². The number of aliphatic hydroxyl groups is 1. The Kier molecular flexibility index (Phi) is 8.62. The molecule has 3 N–H and O–H groups in total. The van der Waals surface area contributed by atoms with Crippen molar-refractivity contribution in [2.24, 2.45) is 4.99 Å². The number of aliphatic imine (C=N–C) groups is 1. The first-order chi connectivity index (χ1) is 15.5. The van der Waals surface area contributed by atoms with Crippen LogP contribution < -0.4 is 15.4 Å². The van der Waals surface area contributed by atoms with E-state index in [0.29, 0.717) is 25.6 Å². The fourth-order valence-electron chi connectivity index (χ4n) is 3.22. The largest absolute Gasteiger partial charge is 0.491 e. The van der Waals surface area contributed by atoms with Crippen LogP contribution in [0.5, 0.6) is 5.75 Å². The maximum atomic E-state index is 10.6. The van der Waals surface area contributed by atoms with Gasteiger partial charge in [-0.2, -0.15) is 5.10 Å². The number of hydrogen-bond donors (Lipinski definition) is 3. The number of benzene rings is 2. The van der Waals surface area contributed by atoms with Crippen molar-refractivity contribution in [1.29, 1.82) is 0 Å². The number of ether oxygens (including phenoxy) is 1. The number of aliphatic hydroxyl groups excluding tert-OH is 1. The standard InChI is InChI=1S/C24H32N6O2/c1-4-26-24(28-14-23(31)21-9-6-10-22(12-21)32-18(2)3)27-13-19-7-5-8-20(11-19)15-30-17-25-16-29-30/h5-12,16-18,23,31H,4,13-15H2,1-3H3,(H2,26,27,28). The molecule has 2 aromatic carbocycles. The summed E-state index contributed by atoms with van der Waals surface area (Å²) in [5.41, 5.74) is 3.03. The third-order valence-corrected chi connectivity index (χ3v) is 4.64. The highest BCUT2D eigenvalue weighted by molar-refractivity contribution is 5.79. The Bertz CT molecular complexity index is 988. The van der Waals surface area contributed by atoms with Gasteiger partial charge in [0.25, 0.3) is 0 Å². The van der Waals surface area contributed by atoms with E-state index >= 15 is 0 Å². The first-order valence-electron chi connectivity index (χ1n) is 10.9. The van der Waals surface area contributed by atoms with Crippen LogP contribution in [0.1, 0.15) is 43.6 Å². The Labute approximate surface area is 189 Å². The summed E-state index contributed by atoms with van der Waals surface area (Å²) in [6, 6.07) is 15.8. The minimum Gasteiger partial charge on any atom is -0.491 e. The zero-order valence-corrected chi connectivity index (χ0v) is 18.9. The molecule has 0 aliphatic heterocycles. The molecule has 3 aromatic rings. The van der Waals surface area contributed by atoms with Crippen LogP contribution >= 0.6 is 0 Å². The van der Waals surface area contributed by atoms with Gasteiger partial charge in [-0.05, 0) is 49.6 Å². The normalized spacial score (nSPS) is 12.6. The predicted molar refractivity (Wildman–Crippen MR) is 126 cm³/mol. The van der Waals surface area contributed by atoms with Crippen molar-refractivity contribution in [2.75, 3.05) is 13.1 Å². The molecule has 0 spiro atoms. The summed E-state index contributed by atoms with van der Waals surface area (Å²) in [4.78, 5) is 8.65. The molecule has 170 valence electrons. The van der Waals surface area contributed by atoms with Gasteiger partial charge in [-0.3, -0.25) is 0 Å².